The Kier molecular flexibility index (Phi) is 10.5. The zero-order valence-electron chi connectivity index (χ0n) is 13.8. The van der Waals surface area contributed by atoms with E-state index in [0.717, 1.165) is 30.0 Å². The summed E-state index contributed by atoms with van der Waals surface area (Å²) in [5, 5.41) is 18.9. The maximum absolute atomic E-state index is 12.3. The summed E-state index contributed by atoms with van der Waals surface area (Å²) in [6, 6.07) is 6.63. The fourth-order valence-corrected chi connectivity index (χ4v) is 2.10. The summed E-state index contributed by atoms with van der Waals surface area (Å²) in [5.41, 5.74) is 1.99. The van der Waals surface area contributed by atoms with Crippen molar-refractivity contribution >= 4 is 17.8 Å². The number of ketones is 1. The second-order valence-electron chi connectivity index (χ2n) is 5.08. The van der Waals surface area contributed by atoms with Gasteiger partial charge in [-0.2, -0.15) is 0 Å². The number of hydrogen-bond acceptors (Lipinski definition) is 5. The number of carbonyl (C=O) groups excluding carboxylic acids is 1. The Morgan fingerprint density at radius 2 is 1.75 bits per heavy atom. The van der Waals surface area contributed by atoms with Gasteiger partial charge in [0.1, 0.15) is 6.04 Å². The number of allylic oxidation sites excluding steroid dienone is 2. The van der Waals surface area contributed by atoms with Crippen LogP contribution in [0, 0.1) is 5.92 Å². The quantitative estimate of drug-likeness (QED) is 0.700. The molecule has 0 saturated heterocycles. The Morgan fingerprint density at radius 1 is 1.17 bits per heavy atom. The zero-order valence-corrected chi connectivity index (χ0v) is 15.2. The van der Waals surface area contributed by atoms with Crippen LogP contribution in [0.2, 0.25) is 0 Å². The maximum atomic E-state index is 12.3. The molecule has 1 aromatic carbocycles. The van der Waals surface area contributed by atoms with Crippen LogP contribution >= 0.6 is 0 Å². The SMILES string of the molecule is CC(C)[C@H](N/C=C1/C=Cc2ccccc2C1=O)C(=O)O.CO.[O]=[V]. The number of carbonyl (C=O) groups is 2. The van der Waals surface area contributed by atoms with Crippen LogP contribution in [0.25, 0.3) is 6.08 Å². The van der Waals surface area contributed by atoms with Gasteiger partial charge in [-0.1, -0.05) is 44.2 Å². The summed E-state index contributed by atoms with van der Waals surface area (Å²) in [7, 11) is 1.00. The molecule has 1 aliphatic rings. The number of carboxylic acids is 1. The molecule has 0 amide bonds. The van der Waals surface area contributed by atoms with Gasteiger partial charge in [0.15, 0.2) is 5.78 Å². The zero-order chi connectivity index (χ0) is 18.7. The molecular formula is C17H21NO5V. The first-order valence-electron chi connectivity index (χ1n) is 7.14. The van der Waals surface area contributed by atoms with Gasteiger partial charge in [0.05, 0.1) is 0 Å². The number of Topliss-reactive ketones (excluding diaryl/α,β-unsaturated/α-hetero) is 1. The van der Waals surface area contributed by atoms with E-state index in [1.807, 2.05) is 38.1 Å². The molecule has 0 aromatic heterocycles. The molecule has 129 valence electrons. The van der Waals surface area contributed by atoms with Crippen molar-refractivity contribution in [2.24, 2.45) is 5.92 Å². The molecule has 7 heteroatoms. The molecule has 6 nitrogen and oxygen atoms in total. The summed E-state index contributed by atoms with van der Waals surface area (Å²) in [4.78, 5) is 23.4. The fourth-order valence-electron chi connectivity index (χ4n) is 2.10. The van der Waals surface area contributed by atoms with Gasteiger partial charge < -0.3 is 15.5 Å². The molecule has 0 aliphatic heterocycles. The van der Waals surface area contributed by atoms with Crippen molar-refractivity contribution in [3.05, 3.63) is 53.2 Å². The summed E-state index contributed by atoms with van der Waals surface area (Å²) in [6.45, 7) is 3.64. The van der Waals surface area contributed by atoms with Gasteiger partial charge in [0, 0.05) is 24.4 Å². The summed E-state index contributed by atoms with van der Waals surface area (Å²) in [5.74, 6) is -1.09. The molecule has 2 rings (SSSR count). The van der Waals surface area contributed by atoms with Crippen molar-refractivity contribution in [1.82, 2.24) is 5.32 Å². The number of hydrogen-bond donors (Lipinski definition) is 3. The van der Waals surface area contributed by atoms with Gasteiger partial charge in [0.25, 0.3) is 0 Å². The van der Waals surface area contributed by atoms with E-state index in [4.69, 9.17) is 13.9 Å². The van der Waals surface area contributed by atoms with E-state index in [0.29, 0.717) is 11.1 Å². The second kappa shape index (κ2) is 11.5. The van der Waals surface area contributed by atoms with E-state index in [2.05, 4.69) is 5.32 Å². The van der Waals surface area contributed by atoms with Crippen molar-refractivity contribution in [2.45, 2.75) is 19.9 Å². The Labute approximate surface area is 150 Å². The third-order valence-corrected chi connectivity index (χ3v) is 3.26. The number of fused-ring (bicyclic) bond motifs is 1. The first-order chi connectivity index (χ1) is 11.5. The third kappa shape index (κ3) is 5.88. The van der Waals surface area contributed by atoms with Crippen LogP contribution in [0.3, 0.4) is 0 Å². The van der Waals surface area contributed by atoms with Crippen molar-refractivity contribution < 1.29 is 40.8 Å². The Balaban J connectivity index is 0.00000123. The van der Waals surface area contributed by atoms with Crippen LogP contribution in [0.15, 0.2) is 42.1 Å². The Morgan fingerprint density at radius 3 is 2.29 bits per heavy atom. The number of aliphatic carboxylic acids is 1. The summed E-state index contributed by atoms with van der Waals surface area (Å²) in [6.07, 6.45) is 5.06. The van der Waals surface area contributed by atoms with E-state index >= 15 is 0 Å². The molecule has 0 heterocycles. The number of nitrogens with one attached hydrogen (secondary N) is 1. The number of rotatable bonds is 4. The summed E-state index contributed by atoms with van der Waals surface area (Å²) < 4.78 is 8.19. The van der Waals surface area contributed by atoms with E-state index in [9.17, 15) is 9.59 Å². The fraction of sp³-hybridized carbons (Fsp3) is 0.294. The molecule has 0 fully saturated rings. The number of carboxylic acid groups (broad SMARTS) is 1. The first kappa shape index (κ1) is 22.0. The van der Waals surface area contributed by atoms with Gasteiger partial charge >= 0.3 is 27.0 Å². The summed E-state index contributed by atoms with van der Waals surface area (Å²) >= 11 is 1.06. The Hall–Kier alpha value is -2.02. The van der Waals surface area contributed by atoms with E-state index in [1.54, 1.807) is 12.1 Å². The van der Waals surface area contributed by atoms with Crippen LogP contribution < -0.4 is 5.32 Å². The molecule has 0 bridgehead atoms. The monoisotopic (exact) mass is 370 g/mol. The van der Waals surface area contributed by atoms with Gasteiger partial charge in [-0.15, -0.1) is 0 Å². The third-order valence-electron chi connectivity index (χ3n) is 3.26. The molecule has 0 saturated carbocycles. The molecular weight excluding hydrogens is 349 g/mol. The van der Waals surface area contributed by atoms with Crippen molar-refractivity contribution in [2.75, 3.05) is 7.11 Å². The second-order valence-corrected chi connectivity index (χ2v) is 5.08. The van der Waals surface area contributed by atoms with Crippen LogP contribution in [-0.4, -0.2) is 35.1 Å². The predicted molar refractivity (Wildman–Crippen MR) is 86.1 cm³/mol. The number of aliphatic hydroxyl groups is 1. The van der Waals surface area contributed by atoms with Crippen LogP contribution in [0.5, 0.6) is 0 Å². The number of benzene rings is 1. The van der Waals surface area contributed by atoms with E-state index < -0.39 is 12.0 Å². The molecule has 1 aromatic rings. The van der Waals surface area contributed by atoms with Crippen molar-refractivity contribution in [1.29, 1.82) is 0 Å². The molecule has 0 spiro atoms. The minimum atomic E-state index is -0.926. The average molecular weight is 370 g/mol. The normalized spacial score (nSPS) is 14.7. The van der Waals surface area contributed by atoms with Gasteiger partial charge in [0.2, 0.25) is 0 Å². The molecule has 0 unspecified atom stereocenters. The van der Waals surface area contributed by atoms with Crippen LogP contribution in [0.4, 0.5) is 0 Å². The molecule has 0 radical (unpaired) electrons. The van der Waals surface area contributed by atoms with E-state index in [-0.39, 0.29) is 11.7 Å². The molecule has 1 aliphatic carbocycles. The average Bonchev–Trinajstić information content (AvgIpc) is 2.60. The molecule has 3 N–H and O–H groups in total. The van der Waals surface area contributed by atoms with Crippen LogP contribution in [0.1, 0.15) is 29.8 Å². The van der Waals surface area contributed by atoms with Gasteiger partial charge in [-0.3, -0.25) is 4.79 Å². The first-order valence-corrected chi connectivity index (χ1v) is 7.71. The van der Waals surface area contributed by atoms with Crippen molar-refractivity contribution in [3.8, 4) is 0 Å². The topological polar surface area (TPSA) is 104 Å². The van der Waals surface area contributed by atoms with Crippen LogP contribution in [-0.2, 0) is 25.8 Å². The Bertz CT molecular complexity index is 625. The standard InChI is InChI=1S/C16H17NO3.CH4O.O.V/c1-10(2)14(16(19)20)17-9-12-8-7-11-5-3-4-6-13(11)15(12)18;1-2;;/h3-10,14,17H,1-2H3,(H,19,20);2H,1H3;;/b12-9-;;;/t14-;;;/m0.../s1. The predicted octanol–water partition coefficient (Wildman–Crippen LogP) is 1.97. The molecule has 1 atom stereocenters. The van der Waals surface area contributed by atoms with Gasteiger partial charge in [-0.25, -0.2) is 4.79 Å². The van der Waals surface area contributed by atoms with Crippen molar-refractivity contribution in [3.63, 3.8) is 0 Å². The number of aliphatic hydroxyl groups excluding tert-OH is 1. The molecule has 24 heavy (non-hydrogen) atoms. The van der Waals surface area contributed by atoms with E-state index in [1.165, 1.54) is 6.20 Å². The minimum absolute atomic E-state index is 0.0701. The van der Waals surface area contributed by atoms with Gasteiger partial charge in [-0.05, 0) is 17.6 Å².